The van der Waals surface area contributed by atoms with Gasteiger partial charge in [-0.15, -0.1) is 0 Å². The van der Waals surface area contributed by atoms with Gasteiger partial charge in [-0.1, -0.05) is 0 Å². The summed E-state index contributed by atoms with van der Waals surface area (Å²) in [5, 5.41) is 16.5. The molecule has 1 aromatic heterocycles. The number of aromatic amines is 1. The Kier molecular flexibility index (Phi) is 1.48. The molecule has 0 bridgehead atoms. The number of fused-ring (bicyclic) bond motifs is 1. The van der Waals surface area contributed by atoms with E-state index in [1.54, 1.807) is 12.1 Å². The lowest BCUT2D eigenvalue weighted by Crippen LogP contribution is -1.84. The zero-order valence-electron chi connectivity index (χ0n) is 6.41. The van der Waals surface area contributed by atoms with Gasteiger partial charge in [0.25, 0.3) is 0 Å². The van der Waals surface area contributed by atoms with Gasteiger partial charge >= 0.3 is 0 Å². The van der Waals surface area contributed by atoms with E-state index >= 15 is 0 Å². The monoisotopic (exact) mass is 163 g/mol. The minimum Gasteiger partial charge on any atom is -0.399 e. The van der Waals surface area contributed by atoms with Gasteiger partial charge < -0.3 is 10.8 Å². The lowest BCUT2D eigenvalue weighted by atomic mass is 10.2. The fourth-order valence-corrected chi connectivity index (χ4v) is 1.20. The summed E-state index contributed by atoms with van der Waals surface area (Å²) in [4.78, 5) is 0. The molecule has 0 unspecified atom stereocenters. The lowest BCUT2D eigenvalue weighted by Gasteiger charge is -1.92. The molecule has 1 heterocycles. The van der Waals surface area contributed by atoms with Crippen molar-refractivity contribution in [1.82, 2.24) is 10.2 Å². The Morgan fingerprint density at radius 3 is 3.08 bits per heavy atom. The SMILES string of the molecule is Nc1ccc2c(CO)[nH]nc2c1. The van der Waals surface area contributed by atoms with Crippen LogP contribution < -0.4 is 5.73 Å². The second-order valence-corrected chi connectivity index (χ2v) is 2.64. The van der Waals surface area contributed by atoms with E-state index in [0.29, 0.717) is 5.69 Å². The summed E-state index contributed by atoms with van der Waals surface area (Å²) >= 11 is 0. The largest absolute Gasteiger partial charge is 0.399 e. The van der Waals surface area contributed by atoms with E-state index in [1.165, 1.54) is 0 Å². The third-order valence-electron chi connectivity index (χ3n) is 1.82. The summed E-state index contributed by atoms with van der Waals surface area (Å²) in [6, 6.07) is 5.40. The minimum atomic E-state index is -0.0274. The van der Waals surface area contributed by atoms with Gasteiger partial charge in [-0.05, 0) is 18.2 Å². The predicted molar refractivity (Wildman–Crippen MR) is 46.4 cm³/mol. The molecule has 0 amide bonds. The van der Waals surface area contributed by atoms with Crippen molar-refractivity contribution in [3.05, 3.63) is 23.9 Å². The quantitative estimate of drug-likeness (QED) is 0.540. The minimum absolute atomic E-state index is 0.0274. The molecule has 4 nitrogen and oxygen atoms in total. The van der Waals surface area contributed by atoms with Crippen LogP contribution in [-0.4, -0.2) is 15.3 Å². The number of aliphatic hydroxyl groups is 1. The zero-order chi connectivity index (χ0) is 8.55. The van der Waals surface area contributed by atoms with Crippen LogP contribution in [0.4, 0.5) is 5.69 Å². The van der Waals surface area contributed by atoms with Gasteiger partial charge in [0.1, 0.15) is 0 Å². The van der Waals surface area contributed by atoms with Gasteiger partial charge in [-0.25, -0.2) is 0 Å². The van der Waals surface area contributed by atoms with Crippen LogP contribution in [0, 0.1) is 0 Å². The number of aliphatic hydroxyl groups excluding tert-OH is 1. The van der Waals surface area contributed by atoms with E-state index in [9.17, 15) is 0 Å². The standard InChI is InChI=1S/C8H9N3O/c9-5-1-2-6-7(3-5)10-11-8(6)4-12/h1-3,12H,4,9H2,(H,10,11). The first-order valence-electron chi connectivity index (χ1n) is 3.64. The van der Waals surface area contributed by atoms with E-state index in [4.69, 9.17) is 10.8 Å². The molecule has 4 N–H and O–H groups in total. The first-order valence-corrected chi connectivity index (χ1v) is 3.64. The third kappa shape index (κ3) is 0.931. The summed E-state index contributed by atoms with van der Waals surface area (Å²) in [6.45, 7) is -0.0274. The van der Waals surface area contributed by atoms with Gasteiger partial charge in [-0.2, -0.15) is 5.10 Å². The lowest BCUT2D eigenvalue weighted by molar-refractivity contribution is 0.278. The van der Waals surface area contributed by atoms with E-state index in [2.05, 4.69) is 10.2 Å². The molecule has 1 aromatic carbocycles. The van der Waals surface area contributed by atoms with Crippen molar-refractivity contribution >= 4 is 16.6 Å². The number of nitrogen functional groups attached to an aromatic ring is 1. The van der Waals surface area contributed by atoms with E-state index in [-0.39, 0.29) is 6.61 Å². The van der Waals surface area contributed by atoms with Gasteiger partial charge in [0.05, 0.1) is 17.8 Å². The molecule has 12 heavy (non-hydrogen) atoms. The van der Waals surface area contributed by atoms with Crippen LogP contribution in [0.25, 0.3) is 10.9 Å². The highest BCUT2D eigenvalue weighted by Crippen LogP contribution is 2.18. The summed E-state index contributed by atoms with van der Waals surface area (Å²) in [7, 11) is 0. The molecule has 0 saturated heterocycles. The molecule has 0 atom stereocenters. The maximum Gasteiger partial charge on any atom is 0.0945 e. The smallest absolute Gasteiger partial charge is 0.0945 e. The summed E-state index contributed by atoms with van der Waals surface area (Å²) < 4.78 is 0. The molecular weight excluding hydrogens is 154 g/mol. The van der Waals surface area contributed by atoms with Crippen molar-refractivity contribution in [2.45, 2.75) is 6.61 Å². The maximum absolute atomic E-state index is 8.89. The van der Waals surface area contributed by atoms with Crippen LogP contribution in [-0.2, 0) is 6.61 Å². The summed E-state index contributed by atoms with van der Waals surface area (Å²) in [5.41, 5.74) is 7.75. The number of rotatable bonds is 1. The first kappa shape index (κ1) is 7.12. The van der Waals surface area contributed by atoms with Crippen molar-refractivity contribution in [1.29, 1.82) is 0 Å². The topological polar surface area (TPSA) is 74.9 Å². The van der Waals surface area contributed by atoms with Crippen molar-refractivity contribution in [3.63, 3.8) is 0 Å². The molecule has 0 aliphatic carbocycles. The van der Waals surface area contributed by atoms with Crippen LogP contribution in [0.15, 0.2) is 18.2 Å². The Morgan fingerprint density at radius 1 is 1.50 bits per heavy atom. The summed E-state index contributed by atoms with van der Waals surface area (Å²) in [6.07, 6.45) is 0. The molecule has 0 fully saturated rings. The van der Waals surface area contributed by atoms with Crippen LogP contribution in [0.5, 0.6) is 0 Å². The zero-order valence-corrected chi connectivity index (χ0v) is 6.41. The third-order valence-corrected chi connectivity index (χ3v) is 1.82. The molecule has 0 spiro atoms. The number of benzene rings is 1. The maximum atomic E-state index is 8.89. The molecule has 2 rings (SSSR count). The normalized spacial score (nSPS) is 10.8. The number of anilines is 1. The van der Waals surface area contributed by atoms with Crippen LogP contribution in [0.1, 0.15) is 5.69 Å². The Bertz CT molecular complexity index is 408. The number of H-pyrrole nitrogens is 1. The van der Waals surface area contributed by atoms with E-state index in [1.807, 2.05) is 6.07 Å². The highest BCUT2D eigenvalue weighted by Gasteiger charge is 2.02. The fraction of sp³-hybridized carbons (Fsp3) is 0.125. The first-order chi connectivity index (χ1) is 5.81. The predicted octanol–water partition coefficient (Wildman–Crippen LogP) is 0.637. The number of aromatic nitrogens is 2. The van der Waals surface area contributed by atoms with Gasteiger partial charge in [0.2, 0.25) is 0 Å². The Morgan fingerprint density at radius 2 is 2.33 bits per heavy atom. The highest BCUT2D eigenvalue weighted by atomic mass is 16.3. The van der Waals surface area contributed by atoms with E-state index in [0.717, 1.165) is 16.6 Å². The molecule has 62 valence electrons. The molecule has 0 aliphatic heterocycles. The molecule has 0 saturated carbocycles. The van der Waals surface area contributed by atoms with Crippen molar-refractivity contribution < 1.29 is 5.11 Å². The molecular formula is C8H9N3O. The number of hydrogen-bond acceptors (Lipinski definition) is 3. The number of nitrogens with zero attached hydrogens (tertiary/aromatic N) is 1. The Hall–Kier alpha value is -1.55. The van der Waals surface area contributed by atoms with Gasteiger partial charge in [0.15, 0.2) is 0 Å². The van der Waals surface area contributed by atoms with Crippen LogP contribution in [0.2, 0.25) is 0 Å². The fourth-order valence-electron chi connectivity index (χ4n) is 1.20. The van der Waals surface area contributed by atoms with E-state index < -0.39 is 0 Å². The molecule has 0 aliphatic rings. The molecule has 4 heteroatoms. The number of hydrogen-bond donors (Lipinski definition) is 3. The Balaban J connectivity index is 2.73. The van der Waals surface area contributed by atoms with Crippen LogP contribution in [0.3, 0.4) is 0 Å². The van der Waals surface area contributed by atoms with Crippen molar-refractivity contribution in [2.75, 3.05) is 5.73 Å². The average Bonchev–Trinajstić information content (AvgIpc) is 2.46. The van der Waals surface area contributed by atoms with Crippen molar-refractivity contribution in [2.24, 2.45) is 0 Å². The van der Waals surface area contributed by atoms with Crippen molar-refractivity contribution in [3.8, 4) is 0 Å². The highest BCUT2D eigenvalue weighted by molar-refractivity contribution is 5.83. The van der Waals surface area contributed by atoms with Gasteiger partial charge in [0, 0.05) is 11.1 Å². The summed E-state index contributed by atoms with van der Waals surface area (Å²) in [5.74, 6) is 0. The van der Waals surface area contributed by atoms with Crippen LogP contribution >= 0.6 is 0 Å². The number of nitrogens with two attached hydrogens (primary N) is 1. The second kappa shape index (κ2) is 2.49. The molecule has 2 aromatic rings. The number of nitrogens with one attached hydrogen (secondary N) is 1. The second-order valence-electron chi connectivity index (χ2n) is 2.64. The average molecular weight is 163 g/mol. The molecule has 0 radical (unpaired) electrons. The Labute approximate surface area is 69.0 Å². The van der Waals surface area contributed by atoms with Gasteiger partial charge in [-0.3, -0.25) is 5.10 Å².